The van der Waals surface area contributed by atoms with E-state index in [-0.39, 0.29) is 55.9 Å². The SMILES string of the molecule is C=CCOC12Oc3ccc(OCc4ccccc4F)cc3C3C(CCCCO)C(CCCCO)C=C(C(=NOC4CCCCO4)CC1N(C)C(=O)CCCCCCCCCCC)C32. The van der Waals surface area contributed by atoms with E-state index in [9.17, 15) is 19.4 Å². The number of carbonyl (C=O) groups is 1. The van der Waals surface area contributed by atoms with Gasteiger partial charge in [-0.25, -0.2) is 4.39 Å². The third-order valence-electron chi connectivity index (χ3n) is 13.8. The number of allylic oxidation sites excluding steroid dienone is 1. The predicted molar refractivity (Wildman–Crippen MR) is 245 cm³/mol. The van der Waals surface area contributed by atoms with Gasteiger partial charge in [0, 0.05) is 56.6 Å². The number of oxime groups is 1. The molecule has 2 aromatic rings. The van der Waals surface area contributed by atoms with Crippen molar-refractivity contribution in [1.82, 2.24) is 4.90 Å². The van der Waals surface area contributed by atoms with E-state index in [1.165, 1.54) is 44.6 Å². The Balaban J connectivity index is 1.42. The molecule has 10 nitrogen and oxygen atoms in total. The fraction of sp³-hybridized carbons (Fsp3) is 0.654. The molecule has 1 amide bonds. The maximum atomic E-state index is 14.8. The van der Waals surface area contributed by atoms with Gasteiger partial charge in [0.15, 0.2) is 0 Å². The van der Waals surface area contributed by atoms with Crippen LogP contribution >= 0.6 is 0 Å². The predicted octanol–water partition coefficient (Wildman–Crippen LogP) is 10.9. The number of amides is 1. The van der Waals surface area contributed by atoms with Crippen molar-refractivity contribution in [2.24, 2.45) is 22.9 Å². The lowest BCUT2D eigenvalue weighted by Gasteiger charge is -2.59. The van der Waals surface area contributed by atoms with Gasteiger partial charge in [0.05, 0.1) is 24.8 Å². The minimum Gasteiger partial charge on any atom is -0.489 e. The van der Waals surface area contributed by atoms with E-state index in [0.717, 1.165) is 81.1 Å². The van der Waals surface area contributed by atoms with Crippen LogP contribution in [0, 0.1) is 23.6 Å². The second-order valence-corrected chi connectivity index (χ2v) is 18.1. The summed E-state index contributed by atoms with van der Waals surface area (Å²) in [5.74, 6) is -0.800. The minimum absolute atomic E-state index is 0.0351. The van der Waals surface area contributed by atoms with Gasteiger partial charge in [-0.05, 0) is 86.6 Å². The van der Waals surface area contributed by atoms with E-state index in [2.05, 4.69) is 19.6 Å². The highest BCUT2D eigenvalue weighted by Gasteiger charge is 2.65. The number of hydrogen-bond acceptors (Lipinski definition) is 9. The second kappa shape index (κ2) is 25.1. The Morgan fingerprint density at radius 1 is 0.968 bits per heavy atom. The lowest BCUT2D eigenvalue weighted by Crippen LogP contribution is -2.69. The molecule has 2 aromatic carbocycles. The number of likely N-dealkylation sites (N-methyl/N-ethyl adjacent to an activating group) is 1. The summed E-state index contributed by atoms with van der Waals surface area (Å²) in [6, 6.07) is 11.9. The van der Waals surface area contributed by atoms with Gasteiger partial charge in [0.2, 0.25) is 18.0 Å². The molecule has 2 N–H and O–H groups in total. The molecule has 11 heteroatoms. The molecule has 63 heavy (non-hydrogen) atoms. The Kier molecular flexibility index (Phi) is 19.4. The van der Waals surface area contributed by atoms with Gasteiger partial charge in [-0.2, -0.15) is 0 Å². The van der Waals surface area contributed by atoms with Gasteiger partial charge < -0.3 is 38.9 Å². The van der Waals surface area contributed by atoms with E-state index >= 15 is 0 Å². The van der Waals surface area contributed by atoms with Crippen LogP contribution in [0.4, 0.5) is 4.39 Å². The third kappa shape index (κ3) is 12.5. The van der Waals surface area contributed by atoms with Crippen molar-refractivity contribution in [3.63, 3.8) is 0 Å². The zero-order valence-electron chi connectivity index (χ0n) is 38.2. The Labute approximate surface area is 376 Å². The van der Waals surface area contributed by atoms with Crippen molar-refractivity contribution in [2.75, 3.05) is 33.5 Å². The number of unbranched alkanes of at least 4 members (excludes halogenated alkanes) is 10. The highest BCUT2D eigenvalue weighted by atomic mass is 19.1. The van der Waals surface area contributed by atoms with Crippen LogP contribution in [0.25, 0.3) is 0 Å². The fourth-order valence-electron chi connectivity index (χ4n) is 10.4. The number of fused-ring (bicyclic) bond motifs is 2. The standard InChI is InChI=1S/C52H75FN2O8/c1-4-6-7-8-9-10-11-12-13-26-48(58)55(3)47-36-45(54-63-49-27-18-21-33-59-49)42-34-38(22-16-19-30-56)41(24-17-20-31-57)50-43-35-40(60-37-39-23-14-15-25-44(39)53)28-29-46(43)62-52(47,51(42)50)61-32-5-2/h5,14-15,23,25,28-29,34-35,38,41,47,49-51,56-57H,2,4,6-13,16-22,24,26-27,30-33,36-37H2,1,3H3. The molecule has 7 unspecified atom stereocenters. The molecular formula is C52H75FN2O8. The van der Waals surface area contributed by atoms with E-state index in [1.807, 2.05) is 30.1 Å². The van der Waals surface area contributed by atoms with Gasteiger partial charge >= 0.3 is 0 Å². The first-order chi connectivity index (χ1) is 30.8. The second-order valence-electron chi connectivity index (χ2n) is 18.1. The molecule has 2 fully saturated rings. The topological polar surface area (TPSA) is 119 Å². The van der Waals surface area contributed by atoms with Gasteiger partial charge in [-0.1, -0.05) is 107 Å². The maximum Gasteiger partial charge on any atom is 0.239 e. The van der Waals surface area contributed by atoms with Crippen LogP contribution in [-0.2, 0) is 25.7 Å². The number of aliphatic hydroxyl groups is 2. The molecule has 0 spiro atoms. The van der Waals surface area contributed by atoms with E-state index < -0.39 is 24.0 Å². The van der Waals surface area contributed by atoms with Crippen molar-refractivity contribution < 1.29 is 43.2 Å². The zero-order chi connectivity index (χ0) is 44.4. The number of nitrogens with zero attached hydrogens (tertiary/aromatic N) is 2. The number of benzene rings is 2. The molecular weight excluding hydrogens is 800 g/mol. The fourth-order valence-corrected chi connectivity index (χ4v) is 10.4. The molecule has 6 rings (SSSR count). The molecule has 2 heterocycles. The molecule has 0 radical (unpaired) electrons. The molecule has 2 aliphatic carbocycles. The monoisotopic (exact) mass is 875 g/mol. The van der Waals surface area contributed by atoms with Crippen LogP contribution in [-0.4, -0.2) is 78.3 Å². The smallest absolute Gasteiger partial charge is 0.239 e. The Bertz CT molecular complexity index is 1800. The van der Waals surface area contributed by atoms with Crippen molar-refractivity contribution in [3.05, 3.63) is 83.7 Å². The van der Waals surface area contributed by atoms with Crippen molar-refractivity contribution in [1.29, 1.82) is 0 Å². The first-order valence-electron chi connectivity index (χ1n) is 24.3. The first-order valence-corrected chi connectivity index (χ1v) is 24.3. The number of carbonyl (C=O) groups excluding carboxylic acids is 1. The van der Waals surface area contributed by atoms with Crippen LogP contribution in [0.15, 0.2) is 71.9 Å². The Morgan fingerprint density at radius 2 is 1.71 bits per heavy atom. The Morgan fingerprint density at radius 3 is 2.43 bits per heavy atom. The highest BCUT2D eigenvalue weighted by molar-refractivity contribution is 6.03. The number of aliphatic hydroxyl groups excluding tert-OH is 2. The Hall–Kier alpha value is -3.77. The summed E-state index contributed by atoms with van der Waals surface area (Å²) in [6.45, 7) is 7.38. The first kappa shape index (κ1) is 48.7. The van der Waals surface area contributed by atoms with E-state index in [1.54, 1.807) is 24.3 Å². The maximum absolute atomic E-state index is 14.8. The lowest BCUT2D eigenvalue weighted by molar-refractivity contribution is -0.256. The summed E-state index contributed by atoms with van der Waals surface area (Å²) in [5, 5.41) is 24.8. The largest absolute Gasteiger partial charge is 0.489 e. The summed E-state index contributed by atoms with van der Waals surface area (Å²) in [4.78, 5) is 22.5. The summed E-state index contributed by atoms with van der Waals surface area (Å²) in [6.07, 6.45) is 22.3. The quantitative estimate of drug-likeness (QED) is 0.0517. The molecule has 0 bridgehead atoms. The van der Waals surface area contributed by atoms with E-state index in [4.69, 9.17) is 28.9 Å². The normalized spacial score (nSPS) is 25.7. The average molecular weight is 875 g/mol. The summed E-state index contributed by atoms with van der Waals surface area (Å²) in [7, 11) is 1.88. The summed E-state index contributed by atoms with van der Waals surface area (Å²) < 4.78 is 41.4. The van der Waals surface area contributed by atoms with Crippen LogP contribution in [0.3, 0.4) is 0 Å². The molecule has 1 saturated heterocycles. The van der Waals surface area contributed by atoms with Crippen LogP contribution in [0.5, 0.6) is 11.5 Å². The number of hydrogen-bond donors (Lipinski definition) is 2. The number of rotatable bonds is 27. The third-order valence-corrected chi connectivity index (χ3v) is 13.8. The molecule has 0 aromatic heterocycles. The minimum atomic E-state index is -1.32. The molecule has 348 valence electrons. The summed E-state index contributed by atoms with van der Waals surface area (Å²) in [5.41, 5.74) is 3.15. The van der Waals surface area contributed by atoms with Crippen molar-refractivity contribution in [3.8, 4) is 11.5 Å². The number of halogens is 1. The van der Waals surface area contributed by atoms with Gasteiger partial charge in [0.25, 0.3) is 0 Å². The van der Waals surface area contributed by atoms with E-state index in [0.29, 0.717) is 49.4 Å². The van der Waals surface area contributed by atoms with Crippen LogP contribution < -0.4 is 9.47 Å². The molecule has 2 aliphatic heterocycles. The molecule has 7 atom stereocenters. The number of ether oxygens (including phenoxy) is 4. The lowest BCUT2D eigenvalue weighted by atomic mass is 9.55. The van der Waals surface area contributed by atoms with Gasteiger partial charge in [-0.15, -0.1) is 6.58 Å². The van der Waals surface area contributed by atoms with Crippen LogP contribution in [0.2, 0.25) is 0 Å². The summed E-state index contributed by atoms with van der Waals surface area (Å²) >= 11 is 0. The van der Waals surface area contributed by atoms with Gasteiger partial charge in [-0.3, -0.25) is 4.79 Å². The zero-order valence-corrected chi connectivity index (χ0v) is 38.2. The molecule has 1 saturated carbocycles. The van der Waals surface area contributed by atoms with Crippen molar-refractivity contribution >= 4 is 11.6 Å². The van der Waals surface area contributed by atoms with Crippen LogP contribution in [0.1, 0.15) is 152 Å². The van der Waals surface area contributed by atoms with Gasteiger partial charge in [0.1, 0.15) is 30.0 Å². The molecule has 4 aliphatic rings. The average Bonchev–Trinajstić information content (AvgIpc) is 3.30. The highest BCUT2D eigenvalue weighted by Crippen LogP contribution is 2.62. The van der Waals surface area contributed by atoms with Crippen molar-refractivity contribution in [2.45, 2.75) is 166 Å².